The van der Waals surface area contributed by atoms with Gasteiger partial charge in [-0.25, -0.2) is 0 Å². The number of quaternary nitrogens is 1. The minimum Gasteiger partial charge on any atom is -0.756 e. The second kappa shape index (κ2) is 40.4. The molecule has 0 aromatic carbocycles. The lowest BCUT2D eigenvalue weighted by atomic mass is 10.1. The number of amides is 1. The van der Waals surface area contributed by atoms with E-state index in [9.17, 15) is 19.4 Å². The molecule has 3 atom stereocenters. The van der Waals surface area contributed by atoms with Crippen LogP contribution >= 0.6 is 7.82 Å². The Labute approximate surface area is 357 Å². The second-order valence-corrected chi connectivity index (χ2v) is 18.1. The third-order valence-corrected chi connectivity index (χ3v) is 10.8. The zero-order chi connectivity index (χ0) is 42.8. The van der Waals surface area contributed by atoms with Crippen LogP contribution in [0.3, 0.4) is 0 Å². The Morgan fingerprint density at radius 1 is 0.603 bits per heavy atom. The van der Waals surface area contributed by atoms with Crippen LogP contribution in [0.15, 0.2) is 72.9 Å². The molecule has 0 heterocycles. The van der Waals surface area contributed by atoms with E-state index in [1.807, 2.05) is 27.2 Å². The molecule has 0 aliphatic rings. The Morgan fingerprint density at radius 2 is 1.02 bits per heavy atom. The first-order valence-electron chi connectivity index (χ1n) is 23.3. The molecule has 2 N–H and O–H groups in total. The van der Waals surface area contributed by atoms with Gasteiger partial charge in [0.2, 0.25) is 5.91 Å². The molecule has 0 spiro atoms. The first-order chi connectivity index (χ1) is 28.0. The van der Waals surface area contributed by atoms with Crippen molar-refractivity contribution in [1.29, 1.82) is 0 Å². The van der Waals surface area contributed by atoms with Crippen molar-refractivity contribution in [2.75, 3.05) is 40.9 Å². The number of hydrogen-bond donors (Lipinski definition) is 2. The maximum Gasteiger partial charge on any atom is 0.268 e. The maximum atomic E-state index is 12.9. The van der Waals surface area contributed by atoms with Gasteiger partial charge in [-0.1, -0.05) is 164 Å². The molecular formula is C49H89N2O6P. The van der Waals surface area contributed by atoms with Crippen molar-refractivity contribution >= 4 is 13.7 Å². The molecule has 9 heteroatoms. The fourth-order valence-corrected chi connectivity index (χ4v) is 6.85. The molecule has 0 radical (unpaired) electrons. The van der Waals surface area contributed by atoms with E-state index in [1.54, 1.807) is 6.08 Å². The van der Waals surface area contributed by atoms with Crippen molar-refractivity contribution in [3.8, 4) is 0 Å². The van der Waals surface area contributed by atoms with E-state index < -0.39 is 26.6 Å². The average molecular weight is 833 g/mol. The van der Waals surface area contributed by atoms with Crippen LogP contribution in [0, 0.1) is 0 Å². The van der Waals surface area contributed by atoms with E-state index in [0.717, 1.165) is 77.0 Å². The zero-order valence-electron chi connectivity index (χ0n) is 38.0. The van der Waals surface area contributed by atoms with Crippen LogP contribution < -0.4 is 10.2 Å². The summed E-state index contributed by atoms with van der Waals surface area (Å²) < 4.78 is 23.2. The number of nitrogens with zero attached hydrogens (tertiary/aromatic N) is 1. The van der Waals surface area contributed by atoms with Gasteiger partial charge in [0.15, 0.2) is 0 Å². The molecule has 8 nitrogen and oxygen atoms in total. The van der Waals surface area contributed by atoms with Crippen molar-refractivity contribution in [2.24, 2.45) is 0 Å². The van der Waals surface area contributed by atoms with Gasteiger partial charge in [-0.15, -0.1) is 0 Å². The number of rotatable bonds is 41. The Hall–Kier alpha value is -2.06. The fourth-order valence-electron chi connectivity index (χ4n) is 6.13. The van der Waals surface area contributed by atoms with Gasteiger partial charge in [0, 0.05) is 6.42 Å². The summed E-state index contributed by atoms with van der Waals surface area (Å²) in [5, 5.41) is 13.7. The number of phosphoric ester groups is 1. The van der Waals surface area contributed by atoms with Crippen molar-refractivity contribution in [3.05, 3.63) is 72.9 Å². The number of likely N-dealkylation sites (N-methyl/N-ethyl adjacent to an activating group) is 1. The highest BCUT2D eigenvalue weighted by Crippen LogP contribution is 2.38. The highest BCUT2D eigenvalue weighted by atomic mass is 31.2. The third kappa shape index (κ3) is 42.1. The molecule has 336 valence electrons. The molecule has 58 heavy (non-hydrogen) atoms. The highest BCUT2D eigenvalue weighted by Gasteiger charge is 2.23. The van der Waals surface area contributed by atoms with Crippen LogP contribution in [-0.2, 0) is 18.4 Å². The van der Waals surface area contributed by atoms with Crippen LogP contribution in [0.25, 0.3) is 0 Å². The zero-order valence-corrected chi connectivity index (χ0v) is 38.9. The molecule has 0 bridgehead atoms. The topological polar surface area (TPSA) is 108 Å². The van der Waals surface area contributed by atoms with E-state index in [0.29, 0.717) is 17.4 Å². The third-order valence-electron chi connectivity index (χ3n) is 9.87. The standard InChI is InChI=1S/C49H89N2O6P/c1-6-8-10-12-14-16-18-20-21-22-23-24-25-26-27-28-29-31-33-35-37-39-41-43-49(53)50-47(46-57-58(54,55)56-45-44-51(3,4)5)48(52)42-40-38-36-34-32-30-19-17-15-13-11-9-7-2/h15,17-18,20,22-23,25-26,32,34,40,42,47-48,52H,6-14,16,19,21,24,27-31,33,35-39,41,43-46H2,1-5H3,(H-,50,53,54,55)/b17-15+,20-18-,23-22-,26-25-,34-32+,42-40+. The molecule has 0 fully saturated rings. The SMILES string of the molecule is CCCCC/C=C/CC/C=C/CC/C=C/C(O)C(COP(=O)([O-])OCC[N+](C)(C)C)NC(=O)CCCCCCCCCC/C=C\C/C=C\C/C=C\CCCCCCC. The molecular weight excluding hydrogens is 744 g/mol. The summed E-state index contributed by atoms with van der Waals surface area (Å²) in [6.45, 7) is 4.55. The number of carbonyl (C=O) groups excluding carboxylic acids is 1. The van der Waals surface area contributed by atoms with Crippen molar-refractivity contribution in [2.45, 2.75) is 193 Å². The second-order valence-electron chi connectivity index (χ2n) is 16.7. The number of carbonyl (C=O) groups is 1. The van der Waals surface area contributed by atoms with Gasteiger partial charge >= 0.3 is 0 Å². The maximum absolute atomic E-state index is 12.9. The van der Waals surface area contributed by atoms with Gasteiger partial charge in [0.05, 0.1) is 39.9 Å². The average Bonchev–Trinajstić information content (AvgIpc) is 3.17. The number of aliphatic hydroxyl groups is 1. The number of nitrogens with one attached hydrogen (secondary N) is 1. The molecule has 0 aromatic heterocycles. The molecule has 0 aliphatic carbocycles. The first-order valence-corrected chi connectivity index (χ1v) is 24.8. The summed E-state index contributed by atoms with van der Waals surface area (Å²) in [5.41, 5.74) is 0. The van der Waals surface area contributed by atoms with Crippen LogP contribution in [0.1, 0.15) is 181 Å². The normalized spacial score (nSPS) is 14.9. The van der Waals surface area contributed by atoms with E-state index in [-0.39, 0.29) is 12.5 Å². The Balaban J connectivity index is 4.39. The summed E-state index contributed by atoms with van der Waals surface area (Å²) in [6.07, 6.45) is 53.8. The lowest BCUT2D eigenvalue weighted by molar-refractivity contribution is -0.870. The molecule has 0 aromatic rings. The van der Waals surface area contributed by atoms with Gasteiger partial charge in [0.25, 0.3) is 7.82 Å². The van der Waals surface area contributed by atoms with Gasteiger partial charge < -0.3 is 28.8 Å². The smallest absolute Gasteiger partial charge is 0.268 e. The molecule has 1 amide bonds. The number of hydrogen-bond acceptors (Lipinski definition) is 6. The van der Waals surface area contributed by atoms with E-state index in [1.165, 1.54) is 83.5 Å². The fraction of sp³-hybridized carbons (Fsp3) is 0.735. The number of aliphatic hydroxyl groups excluding tert-OH is 1. The summed E-state index contributed by atoms with van der Waals surface area (Å²) in [7, 11) is 1.22. The summed E-state index contributed by atoms with van der Waals surface area (Å²) in [6, 6.07) is -0.916. The molecule has 0 saturated heterocycles. The van der Waals surface area contributed by atoms with Gasteiger partial charge in [-0.05, 0) is 83.5 Å². The predicted molar refractivity (Wildman–Crippen MR) is 247 cm³/mol. The minimum atomic E-state index is -4.60. The number of allylic oxidation sites excluding steroid dienone is 11. The van der Waals surface area contributed by atoms with Crippen LogP contribution in [0.5, 0.6) is 0 Å². The minimum absolute atomic E-state index is 0.0140. The van der Waals surface area contributed by atoms with Gasteiger partial charge in [-0.3, -0.25) is 9.36 Å². The number of unbranched alkanes of at least 4 members (excludes halogenated alkanes) is 18. The Bertz CT molecular complexity index is 1170. The summed E-state index contributed by atoms with van der Waals surface area (Å²) >= 11 is 0. The summed E-state index contributed by atoms with van der Waals surface area (Å²) in [5.74, 6) is -0.223. The van der Waals surface area contributed by atoms with Crippen molar-refractivity contribution < 1.29 is 32.9 Å². The Kier molecular flexibility index (Phi) is 38.9. The number of phosphoric acid groups is 1. The molecule has 3 unspecified atom stereocenters. The van der Waals surface area contributed by atoms with Crippen molar-refractivity contribution in [1.82, 2.24) is 5.32 Å². The molecule has 0 saturated carbocycles. The quantitative estimate of drug-likeness (QED) is 0.0275. The van der Waals surface area contributed by atoms with Crippen molar-refractivity contribution in [3.63, 3.8) is 0 Å². The lowest BCUT2D eigenvalue weighted by Gasteiger charge is -2.29. The van der Waals surface area contributed by atoms with Crippen LogP contribution in [0.4, 0.5) is 0 Å². The van der Waals surface area contributed by atoms with Crippen LogP contribution in [-0.4, -0.2) is 68.5 Å². The van der Waals surface area contributed by atoms with Gasteiger partial charge in [0.1, 0.15) is 13.2 Å². The predicted octanol–water partition coefficient (Wildman–Crippen LogP) is 12.6. The molecule has 0 aliphatic heterocycles. The largest absolute Gasteiger partial charge is 0.756 e. The monoisotopic (exact) mass is 833 g/mol. The van der Waals surface area contributed by atoms with Gasteiger partial charge in [-0.2, -0.15) is 0 Å². The first kappa shape index (κ1) is 55.9. The van der Waals surface area contributed by atoms with E-state index in [2.05, 4.69) is 79.9 Å². The highest BCUT2D eigenvalue weighted by molar-refractivity contribution is 7.45. The van der Waals surface area contributed by atoms with E-state index in [4.69, 9.17) is 9.05 Å². The lowest BCUT2D eigenvalue weighted by Crippen LogP contribution is -2.45. The molecule has 0 rings (SSSR count). The van der Waals surface area contributed by atoms with E-state index >= 15 is 0 Å². The Morgan fingerprint density at radius 3 is 1.55 bits per heavy atom. The van der Waals surface area contributed by atoms with Crippen LogP contribution in [0.2, 0.25) is 0 Å². The summed E-state index contributed by atoms with van der Waals surface area (Å²) in [4.78, 5) is 25.3.